The molecule has 0 aliphatic rings. The zero-order valence-electron chi connectivity index (χ0n) is 8.74. The Bertz CT molecular complexity index is 199. The fourth-order valence-corrected chi connectivity index (χ4v) is 1.45. The van der Waals surface area contributed by atoms with Crippen molar-refractivity contribution >= 4 is 14.0 Å². The van der Waals surface area contributed by atoms with Crippen LogP contribution in [0.5, 0.6) is 0 Å². The van der Waals surface area contributed by atoms with Crippen LogP contribution in [0.2, 0.25) is 19.6 Å². The third kappa shape index (κ3) is 3.06. The molecule has 5 heteroatoms. The summed E-state index contributed by atoms with van der Waals surface area (Å²) in [6.07, 6.45) is 0. The van der Waals surface area contributed by atoms with Crippen molar-refractivity contribution in [3.63, 3.8) is 0 Å². The molecule has 2 nitrogen and oxygen atoms in total. The molecule has 13 heavy (non-hydrogen) atoms. The van der Waals surface area contributed by atoms with Gasteiger partial charge in [-0.25, -0.2) is 8.78 Å². The van der Waals surface area contributed by atoms with Crippen molar-refractivity contribution in [2.45, 2.75) is 45.1 Å². The van der Waals surface area contributed by atoms with Crippen LogP contribution < -0.4 is 5.32 Å². The Labute approximate surface area is 78.7 Å². The number of rotatable bonds is 3. The number of carbonyl (C=O) groups excluding carboxylic acids is 1. The molecule has 0 heterocycles. The van der Waals surface area contributed by atoms with E-state index in [1.807, 2.05) is 0 Å². The van der Waals surface area contributed by atoms with Crippen LogP contribution >= 0.6 is 0 Å². The number of hydrogen-bond donors (Lipinski definition) is 1. The highest BCUT2D eigenvalue weighted by molar-refractivity contribution is 6.81. The molecule has 0 aromatic rings. The largest absolute Gasteiger partial charge is 0.349 e. The smallest absolute Gasteiger partial charge is 0.303 e. The summed E-state index contributed by atoms with van der Waals surface area (Å²) in [5.74, 6) is -1.14. The molecule has 0 aromatic heterocycles. The highest BCUT2D eigenvalue weighted by Gasteiger charge is 2.51. The normalized spacial score (nSPS) is 13.2. The van der Waals surface area contributed by atoms with E-state index in [1.54, 1.807) is 13.8 Å². The number of carbonyl (C=O) groups is 1. The molecule has 0 atom stereocenters. The second-order valence-electron chi connectivity index (χ2n) is 4.45. The molecule has 0 aliphatic heterocycles. The zero-order valence-corrected chi connectivity index (χ0v) is 9.74. The van der Waals surface area contributed by atoms with E-state index in [-0.39, 0.29) is 6.04 Å². The van der Waals surface area contributed by atoms with Crippen molar-refractivity contribution in [2.24, 2.45) is 0 Å². The summed E-state index contributed by atoms with van der Waals surface area (Å²) in [5.41, 5.74) is -3.18. The Balaban J connectivity index is 4.56. The second-order valence-corrected chi connectivity index (χ2v) is 9.58. The number of alkyl halides is 2. The molecule has 0 saturated heterocycles. The SMILES string of the molecule is CC(C)NC(=O)C(F)(F)[Si](C)(C)C. The third-order valence-electron chi connectivity index (χ3n) is 1.65. The molecule has 0 spiro atoms. The van der Waals surface area contributed by atoms with Gasteiger partial charge in [0.05, 0.1) is 0 Å². The first-order chi connectivity index (χ1) is 5.59. The van der Waals surface area contributed by atoms with Gasteiger partial charge in [0.25, 0.3) is 5.91 Å². The summed E-state index contributed by atoms with van der Waals surface area (Å²) in [4.78, 5) is 11.1. The molecular formula is C8H17F2NOSi. The average molecular weight is 209 g/mol. The fourth-order valence-electron chi connectivity index (χ4n) is 0.693. The number of halogens is 2. The van der Waals surface area contributed by atoms with Gasteiger partial charge >= 0.3 is 5.55 Å². The van der Waals surface area contributed by atoms with E-state index in [9.17, 15) is 13.6 Å². The third-order valence-corrected chi connectivity index (χ3v) is 3.76. The van der Waals surface area contributed by atoms with Gasteiger partial charge in [0.2, 0.25) is 0 Å². The van der Waals surface area contributed by atoms with Crippen LogP contribution in [-0.2, 0) is 4.79 Å². The summed E-state index contributed by atoms with van der Waals surface area (Å²) in [6.45, 7) is 7.77. The number of nitrogens with one attached hydrogen (secondary N) is 1. The van der Waals surface area contributed by atoms with Crippen molar-refractivity contribution in [3.05, 3.63) is 0 Å². The second kappa shape index (κ2) is 3.73. The minimum atomic E-state index is -3.18. The van der Waals surface area contributed by atoms with Crippen LogP contribution in [0.4, 0.5) is 8.78 Å². The Kier molecular flexibility index (Phi) is 3.60. The summed E-state index contributed by atoms with van der Waals surface area (Å²) >= 11 is 0. The topological polar surface area (TPSA) is 29.1 Å². The number of amides is 1. The maximum absolute atomic E-state index is 13.3. The summed E-state index contributed by atoms with van der Waals surface area (Å²) < 4.78 is 26.7. The van der Waals surface area contributed by atoms with E-state index in [1.165, 1.54) is 19.6 Å². The fraction of sp³-hybridized carbons (Fsp3) is 0.875. The van der Waals surface area contributed by atoms with E-state index in [4.69, 9.17) is 0 Å². The van der Waals surface area contributed by atoms with Gasteiger partial charge in [-0.1, -0.05) is 19.6 Å². The lowest BCUT2D eigenvalue weighted by molar-refractivity contribution is -0.137. The van der Waals surface area contributed by atoms with Crippen molar-refractivity contribution < 1.29 is 13.6 Å². The summed E-state index contributed by atoms with van der Waals surface area (Å²) in [5, 5.41) is 2.24. The highest BCUT2D eigenvalue weighted by Crippen LogP contribution is 2.27. The van der Waals surface area contributed by atoms with Gasteiger partial charge in [0.1, 0.15) is 8.07 Å². The predicted molar refractivity (Wildman–Crippen MR) is 51.6 cm³/mol. The van der Waals surface area contributed by atoms with E-state index in [0.717, 1.165) is 0 Å². The Morgan fingerprint density at radius 2 is 1.69 bits per heavy atom. The molecule has 0 rings (SSSR count). The van der Waals surface area contributed by atoms with Crippen LogP contribution in [-0.4, -0.2) is 25.6 Å². The van der Waals surface area contributed by atoms with Gasteiger partial charge < -0.3 is 5.32 Å². The molecule has 0 unspecified atom stereocenters. The van der Waals surface area contributed by atoms with E-state index in [2.05, 4.69) is 5.32 Å². The van der Waals surface area contributed by atoms with E-state index >= 15 is 0 Å². The van der Waals surface area contributed by atoms with Gasteiger partial charge in [-0.05, 0) is 13.8 Å². The van der Waals surface area contributed by atoms with Gasteiger partial charge in [-0.3, -0.25) is 4.79 Å². The van der Waals surface area contributed by atoms with E-state index in [0.29, 0.717) is 0 Å². The first kappa shape index (κ1) is 12.5. The minimum Gasteiger partial charge on any atom is -0.349 e. The van der Waals surface area contributed by atoms with Crippen LogP contribution in [0.15, 0.2) is 0 Å². The van der Waals surface area contributed by atoms with Crippen molar-refractivity contribution in [1.29, 1.82) is 0 Å². The average Bonchev–Trinajstić information content (AvgIpc) is 1.82. The van der Waals surface area contributed by atoms with Gasteiger partial charge in [-0.2, -0.15) is 0 Å². The quantitative estimate of drug-likeness (QED) is 0.708. The molecule has 0 bridgehead atoms. The van der Waals surface area contributed by atoms with Gasteiger partial charge in [0, 0.05) is 6.04 Å². The molecule has 0 aromatic carbocycles. The molecule has 0 aliphatic carbocycles. The Hall–Kier alpha value is -0.453. The standard InChI is InChI=1S/C8H17F2NOSi/c1-6(2)11-7(12)8(9,10)13(3,4)5/h6H,1-5H3,(H,11,12). The van der Waals surface area contributed by atoms with Crippen LogP contribution in [0.25, 0.3) is 0 Å². The van der Waals surface area contributed by atoms with E-state index < -0.39 is 19.5 Å². The lowest BCUT2D eigenvalue weighted by Crippen LogP contribution is -2.56. The van der Waals surface area contributed by atoms with Crippen LogP contribution in [0.3, 0.4) is 0 Å². The molecule has 0 fully saturated rings. The summed E-state index contributed by atoms with van der Waals surface area (Å²) in [6, 6.07) is -0.241. The van der Waals surface area contributed by atoms with Gasteiger partial charge in [-0.15, -0.1) is 0 Å². The number of hydrogen-bond acceptors (Lipinski definition) is 1. The predicted octanol–water partition coefficient (Wildman–Crippen LogP) is 2.02. The molecule has 1 N–H and O–H groups in total. The Morgan fingerprint density at radius 1 is 1.31 bits per heavy atom. The van der Waals surface area contributed by atoms with Crippen molar-refractivity contribution in [2.75, 3.05) is 0 Å². The van der Waals surface area contributed by atoms with Gasteiger partial charge in [0.15, 0.2) is 0 Å². The van der Waals surface area contributed by atoms with Crippen LogP contribution in [0.1, 0.15) is 13.8 Å². The monoisotopic (exact) mass is 209 g/mol. The lowest BCUT2D eigenvalue weighted by atomic mass is 10.4. The summed E-state index contributed by atoms with van der Waals surface area (Å²) in [7, 11) is -2.76. The molecule has 0 saturated carbocycles. The first-order valence-corrected chi connectivity index (χ1v) is 7.78. The molecule has 1 amide bonds. The first-order valence-electron chi connectivity index (χ1n) is 4.28. The van der Waals surface area contributed by atoms with Crippen LogP contribution in [0, 0.1) is 0 Å². The zero-order chi connectivity index (χ0) is 10.9. The highest BCUT2D eigenvalue weighted by atomic mass is 28.3. The lowest BCUT2D eigenvalue weighted by Gasteiger charge is -2.27. The maximum atomic E-state index is 13.3. The molecular weight excluding hydrogens is 192 g/mol. The minimum absolute atomic E-state index is 0.241. The maximum Gasteiger partial charge on any atom is 0.303 e. The van der Waals surface area contributed by atoms with Crippen molar-refractivity contribution in [3.8, 4) is 0 Å². The van der Waals surface area contributed by atoms with Crippen molar-refractivity contribution in [1.82, 2.24) is 5.32 Å². The molecule has 0 radical (unpaired) electrons. The Morgan fingerprint density at radius 3 is 1.92 bits per heavy atom. The molecule has 78 valence electrons.